The molecule has 3 atom stereocenters. The predicted molar refractivity (Wildman–Crippen MR) is 130 cm³/mol. The summed E-state index contributed by atoms with van der Waals surface area (Å²) in [4.78, 5) is 37.4. The van der Waals surface area contributed by atoms with Gasteiger partial charge in [-0.05, 0) is 45.4 Å². The summed E-state index contributed by atoms with van der Waals surface area (Å²) in [5.74, 6) is -3.63. The minimum atomic E-state index is -1.63. The van der Waals surface area contributed by atoms with Crippen LogP contribution >= 0.6 is 0 Å². The molecule has 0 saturated heterocycles. The molecule has 1 aliphatic rings. The van der Waals surface area contributed by atoms with Crippen molar-refractivity contribution in [2.45, 2.75) is 45.6 Å². The molecule has 0 bridgehead atoms. The highest BCUT2D eigenvalue weighted by Gasteiger charge is 2.52. The molecule has 2 aromatic carbocycles. The van der Waals surface area contributed by atoms with Gasteiger partial charge < -0.3 is 19.9 Å². The molecule has 0 radical (unpaired) electrons. The number of nitrogens with zero attached hydrogens (tertiary/aromatic N) is 1. The van der Waals surface area contributed by atoms with Crippen molar-refractivity contribution in [3.8, 4) is 0 Å². The maximum atomic E-state index is 13.3. The van der Waals surface area contributed by atoms with E-state index in [0.29, 0.717) is 16.9 Å². The number of nitro benzene ring substituents is 1. The molecule has 35 heavy (non-hydrogen) atoms. The number of nitro groups is 1. The molecule has 0 amide bonds. The Labute approximate surface area is 203 Å². The van der Waals surface area contributed by atoms with Crippen LogP contribution in [0.3, 0.4) is 0 Å². The van der Waals surface area contributed by atoms with E-state index in [2.05, 4.69) is 5.32 Å². The van der Waals surface area contributed by atoms with Crippen molar-refractivity contribution >= 4 is 23.3 Å². The van der Waals surface area contributed by atoms with Crippen LogP contribution in [0.25, 0.3) is 0 Å². The summed E-state index contributed by atoms with van der Waals surface area (Å²) in [5.41, 5.74) is 0.699. The average molecular weight is 483 g/mol. The molecule has 1 aliphatic carbocycles. The van der Waals surface area contributed by atoms with E-state index in [1.54, 1.807) is 19.9 Å². The van der Waals surface area contributed by atoms with Crippen LogP contribution < -0.4 is 5.32 Å². The molecule has 0 aromatic heterocycles. The number of benzene rings is 2. The fourth-order valence-corrected chi connectivity index (χ4v) is 4.47. The molecule has 0 fully saturated rings. The average Bonchev–Trinajstić information content (AvgIpc) is 2.79. The van der Waals surface area contributed by atoms with E-state index < -0.39 is 34.3 Å². The summed E-state index contributed by atoms with van der Waals surface area (Å²) in [6, 6.07) is 13.2. The second-order valence-electron chi connectivity index (χ2n) is 8.70. The lowest BCUT2D eigenvalue weighted by Crippen LogP contribution is -2.49. The number of ether oxygens (including phenoxy) is 2. The second-order valence-corrected chi connectivity index (χ2v) is 8.70. The monoisotopic (exact) mass is 482 g/mol. The van der Waals surface area contributed by atoms with E-state index in [-0.39, 0.29) is 30.9 Å². The number of aliphatic hydroxyl groups is 1. The Morgan fingerprint density at radius 3 is 2.40 bits per heavy atom. The summed E-state index contributed by atoms with van der Waals surface area (Å²) in [6.45, 7) is 6.90. The normalized spacial score (nSPS) is 21.9. The predicted octanol–water partition coefficient (Wildman–Crippen LogP) is 4.25. The molecule has 0 aliphatic heterocycles. The molecule has 2 N–H and O–H groups in total. The van der Waals surface area contributed by atoms with Crippen LogP contribution in [0.2, 0.25) is 0 Å². The van der Waals surface area contributed by atoms with Gasteiger partial charge in [-0.3, -0.25) is 14.9 Å². The van der Waals surface area contributed by atoms with E-state index in [1.165, 1.54) is 25.1 Å². The Bertz CT molecular complexity index is 1140. The number of esters is 2. The summed E-state index contributed by atoms with van der Waals surface area (Å²) >= 11 is 0. The standard InChI is InChI=1S/C26H30N2O7/c1-5-34-24(29)22-20(27-18-12-10-16(3)11-13-18)15-26(4,31)23(25(30)35-6-2)21(22)17-8-7-9-19(14-17)28(32)33/h7-14,21,23,27,31H,5-6,15H2,1-4H3/t21-,23+,26-/m1/s1. The van der Waals surface area contributed by atoms with Crippen LogP contribution in [-0.4, -0.2) is 40.8 Å². The highest BCUT2D eigenvalue weighted by molar-refractivity contribution is 5.94. The Balaban J connectivity index is 2.28. The Hall–Kier alpha value is -3.72. The van der Waals surface area contributed by atoms with Gasteiger partial charge in [0.1, 0.15) is 0 Å². The largest absolute Gasteiger partial charge is 0.466 e. The molecule has 0 saturated carbocycles. The van der Waals surface area contributed by atoms with Gasteiger partial charge in [0.15, 0.2) is 0 Å². The molecule has 2 aromatic rings. The number of carbonyl (C=O) groups excluding carboxylic acids is 2. The number of carbonyl (C=O) groups is 2. The Morgan fingerprint density at radius 1 is 1.14 bits per heavy atom. The van der Waals surface area contributed by atoms with Crippen molar-refractivity contribution in [2.75, 3.05) is 18.5 Å². The number of hydrogen-bond acceptors (Lipinski definition) is 8. The minimum Gasteiger partial charge on any atom is -0.466 e. The number of aryl methyl sites for hydroxylation is 1. The number of nitrogens with one attached hydrogen (secondary N) is 1. The van der Waals surface area contributed by atoms with Crippen molar-refractivity contribution < 1.29 is 29.1 Å². The molecular weight excluding hydrogens is 452 g/mol. The van der Waals surface area contributed by atoms with Crippen molar-refractivity contribution in [3.05, 3.63) is 81.0 Å². The number of anilines is 1. The van der Waals surface area contributed by atoms with Gasteiger partial charge >= 0.3 is 11.9 Å². The molecule has 9 nitrogen and oxygen atoms in total. The molecule has 0 heterocycles. The van der Waals surface area contributed by atoms with Gasteiger partial charge in [0.25, 0.3) is 5.69 Å². The maximum Gasteiger partial charge on any atom is 0.336 e. The van der Waals surface area contributed by atoms with Crippen molar-refractivity contribution in [2.24, 2.45) is 5.92 Å². The van der Waals surface area contributed by atoms with Gasteiger partial charge in [0.05, 0.1) is 35.2 Å². The van der Waals surface area contributed by atoms with Gasteiger partial charge in [-0.2, -0.15) is 0 Å². The van der Waals surface area contributed by atoms with Crippen LogP contribution in [-0.2, 0) is 19.1 Å². The first-order valence-corrected chi connectivity index (χ1v) is 11.5. The first-order chi connectivity index (χ1) is 16.6. The molecule has 0 unspecified atom stereocenters. The van der Waals surface area contributed by atoms with Crippen LogP contribution in [0.1, 0.15) is 44.2 Å². The molecule has 0 spiro atoms. The van der Waals surface area contributed by atoms with E-state index >= 15 is 0 Å². The molecule has 9 heteroatoms. The minimum absolute atomic E-state index is 0.0655. The second kappa shape index (κ2) is 10.7. The fourth-order valence-electron chi connectivity index (χ4n) is 4.47. The van der Waals surface area contributed by atoms with Gasteiger partial charge in [-0.15, -0.1) is 0 Å². The lowest BCUT2D eigenvalue weighted by Gasteiger charge is -2.43. The SMILES string of the molecule is CCOC(=O)C1=C(Nc2ccc(C)cc2)C[C@@](C)(O)[C@H](C(=O)OCC)[C@@H]1c1cccc([N+](=O)[O-])c1. The van der Waals surface area contributed by atoms with Crippen LogP contribution in [0.15, 0.2) is 59.8 Å². The zero-order valence-electron chi connectivity index (χ0n) is 20.2. The lowest BCUT2D eigenvalue weighted by molar-refractivity contribution is -0.384. The fraction of sp³-hybridized carbons (Fsp3) is 0.385. The number of non-ortho nitro benzene ring substituents is 1. The van der Waals surface area contributed by atoms with E-state index in [0.717, 1.165) is 5.56 Å². The first-order valence-electron chi connectivity index (χ1n) is 11.5. The lowest BCUT2D eigenvalue weighted by atomic mass is 9.65. The van der Waals surface area contributed by atoms with Gasteiger partial charge in [-0.1, -0.05) is 29.8 Å². The van der Waals surface area contributed by atoms with Crippen molar-refractivity contribution in [1.82, 2.24) is 0 Å². The van der Waals surface area contributed by atoms with Crippen LogP contribution in [0, 0.1) is 23.0 Å². The zero-order valence-corrected chi connectivity index (χ0v) is 20.2. The summed E-state index contributed by atoms with van der Waals surface area (Å²) in [7, 11) is 0. The quantitative estimate of drug-likeness (QED) is 0.325. The molecule has 186 valence electrons. The summed E-state index contributed by atoms with van der Waals surface area (Å²) in [5, 5.41) is 26.2. The first kappa shape index (κ1) is 25.9. The third kappa shape index (κ3) is 5.68. The molecule has 3 rings (SSSR count). The number of rotatable bonds is 8. The Kier molecular flexibility index (Phi) is 7.91. The van der Waals surface area contributed by atoms with E-state index in [9.17, 15) is 24.8 Å². The van der Waals surface area contributed by atoms with Gasteiger partial charge in [0, 0.05) is 35.9 Å². The number of hydrogen-bond donors (Lipinski definition) is 2. The summed E-state index contributed by atoms with van der Waals surface area (Å²) in [6.07, 6.45) is -0.0655. The zero-order chi connectivity index (χ0) is 25.8. The van der Waals surface area contributed by atoms with Crippen LogP contribution in [0.5, 0.6) is 0 Å². The van der Waals surface area contributed by atoms with Gasteiger partial charge in [0.2, 0.25) is 0 Å². The van der Waals surface area contributed by atoms with E-state index in [1.807, 2.05) is 31.2 Å². The van der Waals surface area contributed by atoms with Crippen LogP contribution in [0.4, 0.5) is 11.4 Å². The highest BCUT2D eigenvalue weighted by atomic mass is 16.6. The Morgan fingerprint density at radius 2 is 1.80 bits per heavy atom. The maximum absolute atomic E-state index is 13.3. The smallest absolute Gasteiger partial charge is 0.336 e. The topological polar surface area (TPSA) is 128 Å². The van der Waals surface area contributed by atoms with Crippen molar-refractivity contribution in [3.63, 3.8) is 0 Å². The molecular formula is C26H30N2O7. The summed E-state index contributed by atoms with van der Waals surface area (Å²) < 4.78 is 10.6. The van der Waals surface area contributed by atoms with Crippen molar-refractivity contribution in [1.29, 1.82) is 0 Å². The third-order valence-corrected chi connectivity index (χ3v) is 6.00. The van der Waals surface area contributed by atoms with E-state index in [4.69, 9.17) is 9.47 Å². The third-order valence-electron chi connectivity index (χ3n) is 6.00. The highest BCUT2D eigenvalue weighted by Crippen LogP contribution is 2.48. The van der Waals surface area contributed by atoms with Gasteiger partial charge in [-0.25, -0.2) is 4.79 Å².